The predicted molar refractivity (Wildman–Crippen MR) is 128 cm³/mol. The minimum Gasteiger partial charge on any atom is -0.457 e. The fourth-order valence-electron chi connectivity index (χ4n) is 3.57. The van der Waals surface area contributed by atoms with Crippen molar-refractivity contribution >= 4 is 35.1 Å². The zero-order valence-corrected chi connectivity index (χ0v) is 17.5. The first-order chi connectivity index (χ1) is 14.7. The van der Waals surface area contributed by atoms with Crippen molar-refractivity contribution in [3.05, 3.63) is 126 Å². The third-order valence-electron chi connectivity index (χ3n) is 5.14. The van der Waals surface area contributed by atoms with E-state index >= 15 is 0 Å². The maximum atomic E-state index is 13.1. The zero-order chi connectivity index (χ0) is 20.8. The van der Waals surface area contributed by atoms with Crippen LogP contribution < -0.4 is 15.9 Å². The van der Waals surface area contributed by atoms with E-state index in [0.717, 1.165) is 21.5 Å². The third kappa shape index (κ3) is 4.01. The van der Waals surface area contributed by atoms with Gasteiger partial charge in [-0.05, 0) is 34.4 Å². The number of benzene rings is 4. The molecule has 4 aromatic rings. The largest absolute Gasteiger partial charge is 0.457 e. The van der Waals surface area contributed by atoms with E-state index < -0.39 is 6.89 Å². The van der Waals surface area contributed by atoms with Gasteiger partial charge in [0.05, 0.1) is 5.56 Å². The lowest BCUT2D eigenvalue weighted by atomic mass is 10.2. The molecule has 0 spiro atoms. The molecule has 0 radical (unpaired) electrons. The van der Waals surface area contributed by atoms with E-state index in [0.29, 0.717) is 5.56 Å². The van der Waals surface area contributed by atoms with Gasteiger partial charge in [-0.3, -0.25) is 0 Å². The number of carbonyl (C=O) groups excluding carboxylic acids is 1. The van der Waals surface area contributed by atoms with Crippen LogP contribution in [0.25, 0.3) is 0 Å². The maximum absolute atomic E-state index is 13.1. The zero-order valence-electron chi connectivity index (χ0n) is 16.6. The highest BCUT2D eigenvalue weighted by Crippen LogP contribution is 2.42. The van der Waals surface area contributed by atoms with E-state index in [-0.39, 0.29) is 12.6 Å². The second-order valence-electron chi connectivity index (χ2n) is 7.06. The lowest BCUT2D eigenvalue weighted by Crippen LogP contribution is -2.29. The second kappa shape index (κ2) is 8.98. The van der Waals surface area contributed by atoms with E-state index in [4.69, 9.17) is 11.0 Å². The Morgan fingerprint density at radius 2 is 1.13 bits per heavy atom. The molecule has 0 aromatic heterocycles. The summed E-state index contributed by atoms with van der Waals surface area (Å²) in [5, 5.41) is 3.18. The molecule has 0 aliphatic carbocycles. The Bertz CT molecular complexity index is 1130. The second-order valence-corrected chi connectivity index (χ2v) is 10.2. The summed E-state index contributed by atoms with van der Waals surface area (Å²) in [4.78, 5) is 13.1. The molecule has 0 aliphatic heterocycles. The summed E-state index contributed by atoms with van der Waals surface area (Å²) >= 11 is 0. The fraction of sp³-hybridized carbons (Fsp3) is 0.0370. The molecule has 148 valence electrons. The molecule has 4 rings (SSSR count). The van der Waals surface area contributed by atoms with Crippen LogP contribution >= 0.6 is 6.89 Å². The molecule has 0 saturated carbocycles. The lowest BCUT2D eigenvalue weighted by Gasteiger charge is -2.28. The molecule has 2 nitrogen and oxygen atoms in total. The number of hydrogen-bond donors (Lipinski definition) is 0. The minimum atomic E-state index is -2.26. The van der Waals surface area contributed by atoms with Gasteiger partial charge in [-0.2, -0.15) is 0 Å². The van der Waals surface area contributed by atoms with E-state index in [1.54, 1.807) is 0 Å². The van der Waals surface area contributed by atoms with Crippen LogP contribution in [0.1, 0.15) is 15.9 Å². The number of carbonyl (C=O) groups is 1. The number of ether oxygens (including phenoxy) is 1. The van der Waals surface area contributed by atoms with Crippen molar-refractivity contribution in [3.63, 3.8) is 0 Å². The topological polar surface area (TPSA) is 26.3 Å². The van der Waals surface area contributed by atoms with Gasteiger partial charge in [-0.15, -0.1) is 0 Å². The van der Waals surface area contributed by atoms with Gasteiger partial charge in [0.25, 0.3) is 0 Å². The van der Waals surface area contributed by atoms with Crippen LogP contribution in [0.15, 0.2) is 115 Å². The maximum Gasteiger partial charge on any atom is 0.339 e. The van der Waals surface area contributed by atoms with Gasteiger partial charge in [0.1, 0.15) is 6.61 Å². The highest BCUT2D eigenvalue weighted by Gasteiger charge is 2.27. The molecule has 0 amide bonds. The molecule has 30 heavy (non-hydrogen) atoms. The highest BCUT2D eigenvalue weighted by molar-refractivity contribution is 7.93. The molecule has 0 bridgehead atoms. The van der Waals surface area contributed by atoms with Crippen molar-refractivity contribution in [1.29, 1.82) is 0 Å². The van der Waals surface area contributed by atoms with Crippen LogP contribution in [0, 0.1) is 0 Å². The number of esters is 1. The Kier molecular flexibility index (Phi) is 5.97. The summed E-state index contributed by atoms with van der Waals surface area (Å²) in [6.45, 7) is -2.02. The summed E-state index contributed by atoms with van der Waals surface area (Å²) in [5.74, 6) is -0.325. The van der Waals surface area contributed by atoms with Crippen LogP contribution in [-0.2, 0) is 11.3 Å². The van der Waals surface area contributed by atoms with Gasteiger partial charge in [-0.1, -0.05) is 115 Å². The Hall–Kier alpha value is -3.35. The monoisotopic (exact) mass is 410 g/mol. The Balaban J connectivity index is 1.78. The molecule has 0 fully saturated rings. The first kappa shape index (κ1) is 19.9. The number of rotatable bonds is 6. The van der Waals surface area contributed by atoms with E-state index in [9.17, 15) is 4.79 Å². The summed E-state index contributed by atoms with van der Waals surface area (Å²) in [6, 6.07) is 37.9. The normalized spacial score (nSPS) is 11.1. The van der Waals surface area contributed by atoms with Crippen LogP contribution in [0.2, 0.25) is 0 Å². The molecule has 0 aliphatic rings. The first-order valence-electron chi connectivity index (χ1n) is 9.85. The summed E-state index contributed by atoms with van der Waals surface area (Å²) < 4.78 is 5.67. The van der Waals surface area contributed by atoms with Gasteiger partial charge in [0, 0.05) is 0 Å². The van der Waals surface area contributed by atoms with Crippen molar-refractivity contribution < 1.29 is 9.53 Å². The van der Waals surface area contributed by atoms with Gasteiger partial charge in [-0.25, -0.2) is 4.79 Å². The van der Waals surface area contributed by atoms with Gasteiger partial charge in [0.15, 0.2) is 0 Å². The van der Waals surface area contributed by atoms with Crippen LogP contribution in [0.3, 0.4) is 0 Å². The van der Waals surface area contributed by atoms with E-state index in [2.05, 4.69) is 24.3 Å². The summed E-state index contributed by atoms with van der Waals surface area (Å²) in [7, 11) is 0. The van der Waals surface area contributed by atoms with Crippen LogP contribution in [-0.4, -0.2) is 12.3 Å². The molecular weight excluding hydrogens is 387 g/mol. The molecule has 0 unspecified atom stereocenters. The standard InChI is InChI=1S/C27H23O2P/c1-30(23-15-7-3-8-16-23,24-17-9-4-10-18-24)26-20-12-11-19-25(26)27(28)29-21-22-13-5-2-6-14-22/h2-20H,1,21H2. The third-order valence-corrected chi connectivity index (χ3v) is 8.71. The molecule has 4 aromatic carbocycles. The Morgan fingerprint density at radius 1 is 0.667 bits per heavy atom. The SMILES string of the molecule is C=P(c1ccccc1)(c1ccccc1)c1ccccc1C(=O)OCc1ccccc1. The Morgan fingerprint density at radius 3 is 1.70 bits per heavy atom. The smallest absolute Gasteiger partial charge is 0.339 e. The quantitative estimate of drug-likeness (QED) is 0.338. The minimum absolute atomic E-state index is 0.243. The lowest BCUT2D eigenvalue weighted by molar-refractivity contribution is 0.0474. The Labute approximate surface area is 177 Å². The van der Waals surface area contributed by atoms with Crippen LogP contribution in [0.5, 0.6) is 0 Å². The molecular formula is C27H23O2P. The van der Waals surface area contributed by atoms with E-state index in [1.807, 2.05) is 91.0 Å². The highest BCUT2D eigenvalue weighted by atomic mass is 31.2. The summed E-state index contributed by atoms with van der Waals surface area (Å²) in [6.07, 6.45) is 4.74. The average Bonchev–Trinajstić information content (AvgIpc) is 2.84. The van der Waals surface area contributed by atoms with Crippen molar-refractivity contribution in [2.75, 3.05) is 0 Å². The van der Waals surface area contributed by atoms with Crippen molar-refractivity contribution in [3.8, 4) is 0 Å². The van der Waals surface area contributed by atoms with Crippen molar-refractivity contribution in [2.45, 2.75) is 6.61 Å². The van der Waals surface area contributed by atoms with Crippen molar-refractivity contribution in [2.24, 2.45) is 0 Å². The molecule has 0 atom stereocenters. The first-order valence-corrected chi connectivity index (χ1v) is 11.8. The van der Waals surface area contributed by atoms with E-state index in [1.165, 1.54) is 0 Å². The van der Waals surface area contributed by atoms with Gasteiger partial charge in [0.2, 0.25) is 0 Å². The summed E-state index contributed by atoms with van der Waals surface area (Å²) in [5.41, 5.74) is 1.54. The molecule has 0 heterocycles. The fourth-order valence-corrected chi connectivity index (χ4v) is 6.71. The molecule has 0 N–H and O–H groups in total. The average molecular weight is 410 g/mol. The van der Waals surface area contributed by atoms with Gasteiger partial charge >= 0.3 is 5.97 Å². The predicted octanol–water partition coefficient (Wildman–Crippen LogP) is 4.77. The number of hydrogen-bond acceptors (Lipinski definition) is 2. The molecule has 3 heteroatoms. The van der Waals surface area contributed by atoms with Gasteiger partial charge < -0.3 is 4.74 Å². The van der Waals surface area contributed by atoms with Crippen LogP contribution in [0.4, 0.5) is 0 Å². The van der Waals surface area contributed by atoms with Crippen molar-refractivity contribution in [1.82, 2.24) is 0 Å². The molecule has 0 saturated heterocycles.